The summed E-state index contributed by atoms with van der Waals surface area (Å²) in [4.78, 5) is 11.8. The predicted octanol–water partition coefficient (Wildman–Crippen LogP) is 2.89. The maximum atomic E-state index is 11.8. The molecule has 0 atom stereocenters. The molecule has 1 amide bonds. The van der Waals surface area contributed by atoms with E-state index in [4.69, 9.17) is 25.5 Å². The van der Waals surface area contributed by atoms with E-state index in [2.05, 4.69) is 5.32 Å². The van der Waals surface area contributed by atoms with E-state index >= 15 is 0 Å². The summed E-state index contributed by atoms with van der Waals surface area (Å²) >= 11 is 5.84. The molecule has 1 aromatic carbocycles. The summed E-state index contributed by atoms with van der Waals surface area (Å²) in [7, 11) is 1.56. The van der Waals surface area contributed by atoms with Gasteiger partial charge in [-0.05, 0) is 30.3 Å². The van der Waals surface area contributed by atoms with E-state index in [1.54, 1.807) is 43.5 Å². The van der Waals surface area contributed by atoms with Crippen molar-refractivity contribution in [3.63, 3.8) is 0 Å². The molecule has 0 radical (unpaired) electrons. The van der Waals surface area contributed by atoms with Crippen LogP contribution in [0.3, 0.4) is 0 Å². The number of rotatable bonds is 7. The molecule has 0 unspecified atom stereocenters. The summed E-state index contributed by atoms with van der Waals surface area (Å²) in [6.45, 7) is 1.05. The lowest BCUT2D eigenvalue weighted by Gasteiger charge is -2.07. The fraction of sp³-hybridized carbons (Fsp3) is 0.267. The van der Waals surface area contributed by atoms with E-state index in [-0.39, 0.29) is 11.7 Å². The third-order valence-corrected chi connectivity index (χ3v) is 2.86. The van der Waals surface area contributed by atoms with Crippen LogP contribution in [0.1, 0.15) is 16.3 Å². The highest BCUT2D eigenvalue weighted by atomic mass is 35.5. The quantitative estimate of drug-likeness (QED) is 0.799. The van der Waals surface area contributed by atoms with Crippen LogP contribution in [0.4, 0.5) is 0 Å². The van der Waals surface area contributed by atoms with E-state index in [9.17, 15) is 4.79 Å². The molecular formula is C15H16ClNO4. The molecule has 0 aliphatic heterocycles. The van der Waals surface area contributed by atoms with Crippen LogP contribution in [0.2, 0.25) is 5.02 Å². The SMILES string of the molecule is COCc1ccc(C(=O)NCCOc2cccc(Cl)c2)o1. The van der Waals surface area contributed by atoms with Gasteiger partial charge in [-0.25, -0.2) is 0 Å². The standard InChI is InChI=1S/C15H16ClNO4/c1-19-10-13-5-6-14(21-13)15(18)17-7-8-20-12-4-2-3-11(16)9-12/h2-6,9H,7-8,10H2,1H3,(H,17,18). The third-order valence-electron chi connectivity index (χ3n) is 2.62. The van der Waals surface area contributed by atoms with Gasteiger partial charge in [0.25, 0.3) is 5.91 Å². The lowest BCUT2D eigenvalue weighted by atomic mass is 10.3. The average Bonchev–Trinajstić information content (AvgIpc) is 2.93. The van der Waals surface area contributed by atoms with Crippen molar-refractivity contribution in [2.24, 2.45) is 0 Å². The van der Waals surface area contributed by atoms with Crippen molar-refractivity contribution in [3.05, 3.63) is 52.9 Å². The summed E-state index contributed by atoms with van der Waals surface area (Å²) in [5.41, 5.74) is 0. The molecule has 21 heavy (non-hydrogen) atoms. The Hall–Kier alpha value is -1.98. The van der Waals surface area contributed by atoms with Crippen LogP contribution in [0.25, 0.3) is 0 Å². The fourth-order valence-corrected chi connectivity index (χ4v) is 1.88. The van der Waals surface area contributed by atoms with E-state index in [1.165, 1.54) is 0 Å². The number of carbonyl (C=O) groups is 1. The van der Waals surface area contributed by atoms with Crippen LogP contribution in [0.15, 0.2) is 40.8 Å². The molecule has 0 saturated heterocycles. The number of amides is 1. The zero-order valence-electron chi connectivity index (χ0n) is 11.6. The molecule has 6 heteroatoms. The minimum atomic E-state index is -0.285. The number of furan rings is 1. The van der Waals surface area contributed by atoms with E-state index in [0.717, 1.165) is 0 Å². The van der Waals surface area contributed by atoms with Gasteiger partial charge in [0.05, 0.1) is 6.54 Å². The van der Waals surface area contributed by atoms with Crippen molar-refractivity contribution in [1.29, 1.82) is 0 Å². The third kappa shape index (κ3) is 4.81. The van der Waals surface area contributed by atoms with Crippen molar-refractivity contribution in [2.45, 2.75) is 6.61 Å². The number of benzene rings is 1. The Balaban J connectivity index is 1.73. The van der Waals surface area contributed by atoms with Crippen LogP contribution < -0.4 is 10.1 Å². The van der Waals surface area contributed by atoms with Gasteiger partial charge in [0.15, 0.2) is 5.76 Å². The maximum absolute atomic E-state index is 11.8. The number of nitrogens with one attached hydrogen (secondary N) is 1. The van der Waals surface area contributed by atoms with Crippen molar-refractivity contribution in [3.8, 4) is 5.75 Å². The van der Waals surface area contributed by atoms with Gasteiger partial charge in [0.1, 0.15) is 24.7 Å². The first-order valence-electron chi connectivity index (χ1n) is 6.43. The summed E-state index contributed by atoms with van der Waals surface area (Å²) < 4.78 is 15.7. The van der Waals surface area contributed by atoms with Gasteiger partial charge in [-0.1, -0.05) is 17.7 Å². The van der Waals surface area contributed by atoms with Crippen LogP contribution >= 0.6 is 11.6 Å². The highest BCUT2D eigenvalue weighted by Crippen LogP contribution is 2.16. The maximum Gasteiger partial charge on any atom is 0.287 e. The van der Waals surface area contributed by atoms with Crippen LogP contribution in [0.5, 0.6) is 5.75 Å². The summed E-state index contributed by atoms with van der Waals surface area (Å²) in [5.74, 6) is 1.24. The van der Waals surface area contributed by atoms with Gasteiger partial charge in [-0.2, -0.15) is 0 Å². The second-order valence-corrected chi connectivity index (χ2v) is 4.70. The van der Waals surface area contributed by atoms with Crippen molar-refractivity contribution in [1.82, 2.24) is 5.32 Å². The Bertz CT molecular complexity index is 597. The summed E-state index contributed by atoms with van der Waals surface area (Å²) in [6.07, 6.45) is 0. The summed E-state index contributed by atoms with van der Waals surface area (Å²) in [5, 5.41) is 3.32. The monoisotopic (exact) mass is 309 g/mol. The van der Waals surface area contributed by atoms with Crippen LogP contribution in [-0.4, -0.2) is 26.2 Å². The molecule has 2 aromatic rings. The molecule has 1 aromatic heterocycles. The predicted molar refractivity (Wildman–Crippen MR) is 78.7 cm³/mol. The summed E-state index contributed by atoms with van der Waals surface area (Å²) in [6, 6.07) is 10.4. The Kier molecular flexibility index (Phi) is 5.66. The zero-order chi connectivity index (χ0) is 15.1. The zero-order valence-corrected chi connectivity index (χ0v) is 12.4. The molecule has 0 saturated carbocycles. The molecule has 1 heterocycles. The molecule has 112 valence electrons. The smallest absolute Gasteiger partial charge is 0.287 e. The van der Waals surface area contributed by atoms with Crippen molar-refractivity contribution >= 4 is 17.5 Å². The number of hydrogen-bond acceptors (Lipinski definition) is 4. The van der Waals surface area contributed by atoms with Gasteiger partial charge in [-0.15, -0.1) is 0 Å². The molecule has 2 rings (SSSR count). The highest BCUT2D eigenvalue weighted by molar-refractivity contribution is 6.30. The topological polar surface area (TPSA) is 60.7 Å². The van der Waals surface area contributed by atoms with Crippen molar-refractivity contribution in [2.75, 3.05) is 20.3 Å². The fourth-order valence-electron chi connectivity index (χ4n) is 1.70. The van der Waals surface area contributed by atoms with E-state index in [0.29, 0.717) is 36.3 Å². The highest BCUT2D eigenvalue weighted by Gasteiger charge is 2.10. The number of ether oxygens (including phenoxy) is 2. The number of halogens is 1. The van der Waals surface area contributed by atoms with Crippen LogP contribution in [-0.2, 0) is 11.3 Å². The number of hydrogen-bond donors (Lipinski definition) is 1. The Labute approximate surface area is 127 Å². The molecule has 0 fully saturated rings. The molecule has 0 bridgehead atoms. The van der Waals surface area contributed by atoms with Gasteiger partial charge < -0.3 is 19.2 Å². The number of methoxy groups -OCH3 is 1. The number of carbonyl (C=O) groups excluding carboxylic acids is 1. The van der Waals surface area contributed by atoms with E-state index in [1.807, 2.05) is 0 Å². The van der Waals surface area contributed by atoms with Crippen LogP contribution in [0, 0.1) is 0 Å². The lowest BCUT2D eigenvalue weighted by molar-refractivity contribution is 0.0910. The van der Waals surface area contributed by atoms with Gasteiger partial charge in [0.2, 0.25) is 0 Å². The lowest BCUT2D eigenvalue weighted by Crippen LogP contribution is -2.27. The molecular weight excluding hydrogens is 294 g/mol. The Morgan fingerprint density at radius 3 is 2.95 bits per heavy atom. The Morgan fingerprint density at radius 2 is 2.19 bits per heavy atom. The minimum Gasteiger partial charge on any atom is -0.492 e. The van der Waals surface area contributed by atoms with Gasteiger partial charge >= 0.3 is 0 Å². The first-order chi connectivity index (χ1) is 10.2. The first-order valence-corrected chi connectivity index (χ1v) is 6.81. The average molecular weight is 310 g/mol. The van der Waals surface area contributed by atoms with Gasteiger partial charge in [0, 0.05) is 12.1 Å². The molecule has 1 N–H and O–H groups in total. The first kappa shape index (κ1) is 15.4. The molecule has 0 aliphatic rings. The molecule has 0 spiro atoms. The molecule has 5 nitrogen and oxygen atoms in total. The van der Waals surface area contributed by atoms with E-state index < -0.39 is 0 Å². The van der Waals surface area contributed by atoms with Crippen molar-refractivity contribution < 1.29 is 18.7 Å². The molecule has 0 aliphatic carbocycles. The second-order valence-electron chi connectivity index (χ2n) is 4.26. The minimum absolute atomic E-state index is 0.254. The Morgan fingerprint density at radius 1 is 1.33 bits per heavy atom. The largest absolute Gasteiger partial charge is 0.492 e. The normalized spacial score (nSPS) is 10.4. The van der Waals surface area contributed by atoms with Gasteiger partial charge in [-0.3, -0.25) is 4.79 Å². The second kappa shape index (κ2) is 7.71.